The molecule has 0 saturated carbocycles. The van der Waals surface area contributed by atoms with Crippen LogP contribution in [0.25, 0.3) is 0 Å². The number of nitrogens with two attached hydrogens (primary N) is 1. The van der Waals surface area contributed by atoms with Gasteiger partial charge in [0.2, 0.25) is 5.91 Å². The summed E-state index contributed by atoms with van der Waals surface area (Å²) in [5.74, 6) is -0.810. The molecular weight excluding hydrogens is 542 g/mol. The molecule has 4 heteroatoms. The molecule has 0 saturated heterocycles. The van der Waals surface area contributed by atoms with Crippen molar-refractivity contribution < 1.29 is 14.7 Å². The molecule has 0 unspecified atom stereocenters. The van der Waals surface area contributed by atoms with Gasteiger partial charge in [-0.1, -0.05) is 193 Å². The second-order valence-corrected chi connectivity index (χ2v) is 13.3. The summed E-state index contributed by atoms with van der Waals surface area (Å²) < 4.78 is 0. The maximum absolute atomic E-state index is 10.6. The average Bonchev–Trinajstić information content (AvgIpc) is 3.00. The Labute approximate surface area is 276 Å². The van der Waals surface area contributed by atoms with Crippen LogP contribution >= 0.6 is 0 Å². The van der Waals surface area contributed by atoms with E-state index in [9.17, 15) is 9.59 Å². The first-order chi connectivity index (χ1) is 21.5. The maximum Gasteiger partial charge on any atom is 0.303 e. The number of hydrogen-bond donors (Lipinski definition) is 2. The zero-order chi connectivity index (χ0) is 32.6. The number of carbonyl (C=O) groups is 2. The number of aliphatic carboxylic acids is 1. The molecule has 0 fully saturated rings. The Morgan fingerprint density at radius 1 is 0.409 bits per heavy atom. The highest BCUT2D eigenvalue weighted by Crippen LogP contribution is 2.14. The molecule has 0 atom stereocenters. The topological polar surface area (TPSA) is 80.4 Å². The van der Waals surface area contributed by atoms with Crippen molar-refractivity contribution in [3.8, 4) is 0 Å². The standard InChI is InChI=1S/C22H43NO.C18H36O2/c1-2-3-4-5-6-7-8-9-10-11-12-13-14-15-16-17-18-19-20-21-22(23)24;1-2-3-4-5-6-7-8-9-10-11-12-13-14-15-16-17-18(19)20/h9-10H,2-8,11-21H2,1H3,(H2,23,24);2-17H2,1H3,(H,19,20). The van der Waals surface area contributed by atoms with Crippen molar-refractivity contribution in [3.05, 3.63) is 12.2 Å². The molecule has 0 bridgehead atoms. The van der Waals surface area contributed by atoms with E-state index in [4.69, 9.17) is 10.8 Å². The van der Waals surface area contributed by atoms with Crippen molar-refractivity contribution in [2.45, 2.75) is 232 Å². The molecule has 1 amide bonds. The lowest BCUT2D eigenvalue weighted by molar-refractivity contribution is -0.137. The lowest BCUT2D eigenvalue weighted by Gasteiger charge is -2.03. The third kappa shape index (κ3) is 47.6. The largest absolute Gasteiger partial charge is 0.481 e. The quantitative estimate of drug-likeness (QED) is 0.0545. The van der Waals surface area contributed by atoms with Crippen LogP contribution < -0.4 is 5.73 Å². The lowest BCUT2D eigenvalue weighted by atomic mass is 10.0. The van der Waals surface area contributed by atoms with Crippen LogP contribution in [0.4, 0.5) is 0 Å². The number of hydrogen-bond acceptors (Lipinski definition) is 2. The minimum Gasteiger partial charge on any atom is -0.481 e. The van der Waals surface area contributed by atoms with E-state index in [-0.39, 0.29) is 5.91 Å². The van der Waals surface area contributed by atoms with Gasteiger partial charge in [-0.25, -0.2) is 0 Å². The van der Waals surface area contributed by atoms with Crippen molar-refractivity contribution in [2.24, 2.45) is 5.73 Å². The predicted octanol–water partition coefficient (Wildman–Crippen LogP) is 13.4. The van der Waals surface area contributed by atoms with Crippen LogP contribution in [0.2, 0.25) is 0 Å². The van der Waals surface area contributed by atoms with Gasteiger partial charge < -0.3 is 10.8 Å². The van der Waals surface area contributed by atoms with E-state index >= 15 is 0 Å². The number of allylic oxidation sites excluding steroid dienone is 2. The minimum atomic E-state index is -0.653. The van der Waals surface area contributed by atoms with Crippen LogP contribution in [0, 0.1) is 0 Å². The Morgan fingerprint density at radius 2 is 0.659 bits per heavy atom. The summed E-state index contributed by atoms with van der Waals surface area (Å²) in [5, 5.41) is 8.52. The van der Waals surface area contributed by atoms with E-state index in [1.165, 1.54) is 180 Å². The molecule has 262 valence electrons. The van der Waals surface area contributed by atoms with E-state index < -0.39 is 5.97 Å². The van der Waals surface area contributed by atoms with Crippen molar-refractivity contribution in [1.82, 2.24) is 0 Å². The van der Waals surface area contributed by atoms with Crippen LogP contribution in [-0.4, -0.2) is 17.0 Å². The summed E-state index contributed by atoms with van der Waals surface area (Å²) in [6, 6.07) is 0. The van der Waals surface area contributed by atoms with Gasteiger partial charge in [0.1, 0.15) is 0 Å². The number of carboxylic acids is 1. The molecule has 0 spiro atoms. The molecule has 0 aromatic carbocycles. The summed E-state index contributed by atoms with van der Waals surface area (Å²) in [7, 11) is 0. The SMILES string of the molecule is CCCCCCCCC=CCCCCCCCCCCCC(N)=O.CCCCCCCCCCCCCCCCCC(=O)O. The van der Waals surface area contributed by atoms with E-state index in [0.717, 1.165) is 25.7 Å². The first-order valence-electron chi connectivity index (χ1n) is 19.7. The van der Waals surface area contributed by atoms with Gasteiger partial charge in [-0.15, -0.1) is 0 Å². The van der Waals surface area contributed by atoms with Gasteiger partial charge in [-0.05, 0) is 38.5 Å². The molecule has 0 radical (unpaired) electrons. The average molecular weight is 622 g/mol. The summed E-state index contributed by atoms with van der Waals surface area (Å²) >= 11 is 0. The molecule has 4 nitrogen and oxygen atoms in total. The molecule has 0 rings (SSSR count). The fraction of sp³-hybridized carbons (Fsp3) is 0.900. The Hall–Kier alpha value is -1.32. The van der Waals surface area contributed by atoms with Gasteiger partial charge in [0, 0.05) is 12.8 Å². The summed E-state index contributed by atoms with van der Waals surface area (Å²) in [6.07, 6.45) is 48.0. The van der Waals surface area contributed by atoms with Crippen molar-refractivity contribution >= 4 is 11.9 Å². The Kier molecular flexibility index (Phi) is 42.4. The van der Waals surface area contributed by atoms with Crippen LogP contribution in [0.3, 0.4) is 0 Å². The fourth-order valence-electron chi connectivity index (χ4n) is 5.72. The fourth-order valence-corrected chi connectivity index (χ4v) is 5.72. The molecule has 0 aromatic rings. The Balaban J connectivity index is 0. The molecule has 0 heterocycles. The second-order valence-electron chi connectivity index (χ2n) is 13.3. The van der Waals surface area contributed by atoms with E-state index in [0.29, 0.717) is 12.8 Å². The number of unbranched alkanes of at least 4 members (excludes halogenated alkanes) is 29. The van der Waals surface area contributed by atoms with Crippen LogP contribution in [0.15, 0.2) is 12.2 Å². The first-order valence-corrected chi connectivity index (χ1v) is 19.7. The highest BCUT2D eigenvalue weighted by Gasteiger charge is 1.98. The third-order valence-electron chi connectivity index (χ3n) is 8.68. The van der Waals surface area contributed by atoms with Gasteiger partial charge >= 0.3 is 5.97 Å². The first kappa shape index (κ1) is 44.8. The Morgan fingerprint density at radius 3 is 0.932 bits per heavy atom. The number of carboxylic acid groups (broad SMARTS) is 1. The van der Waals surface area contributed by atoms with E-state index in [2.05, 4.69) is 26.0 Å². The smallest absolute Gasteiger partial charge is 0.303 e. The second kappa shape index (κ2) is 41.7. The molecule has 44 heavy (non-hydrogen) atoms. The molecule has 0 aliphatic carbocycles. The molecule has 0 aromatic heterocycles. The third-order valence-corrected chi connectivity index (χ3v) is 8.68. The maximum atomic E-state index is 10.6. The van der Waals surface area contributed by atoms with Gasteiger partial charge in [0.05, 0.1) is 0 Å². The number of carbonyl (C=O) groups excluding carboxylic acids is 1. The molecule has 0 aliphatic heterocycles. The van der Waals surface area contributed by atoms with Crippen molar-refractivity contribution in [1.29, 1.82) is 0 Å². The monoisotopic (exact) mass is 622 g/mol. The minimum absolute atomic E-state index is 0.156. The van der Waals surface area contributed by atoms with Crippen molar-refractivity contribution in [2.75, 3.05) is 0 Å². The van der Waals surface area contributed by atoms with Gasteiger partial charge in [-0.3, -0.25) is 9.59 Å². The number of rotatable bonds is 35. The number of primary amides is 1. The predicted molar refractivity (Wildman–Crippen MR) is 194 cm³/mol. The van der Waals surface area contributed by atoms with Crippen molar-refractivity contribution in [3.63, 3.8) is 0 Å². The summed E-state index contributed by atoms with van der Waals surface area (Å²) in [5.41, 5.74) is 5.13. The van der Waals surface area contributed by atoms with Gasteiger partial charge in [-0.2, -0.15) is 0 Å². The van der Waals surface area contributed by atoms with Gasteiger partial charge in [0.25, 0.3) is 0 Å². The molecule has 0 aliphatic rings. The highest BCUT2D eigenvalue weighted by atomic mass is 16.4. The van der Waals surface area contributed by atoms with Crippen LogP contribution in [-0.2, 0) is 9.59 Å². The molecular formula is C40H79NO3. The zero-order valence-electron chi connectivity index (χ0n) is 30.0. The lowest BCUT2D eigenvalue weighted by Crippen LogP contribution is -2.09. The highest BCUT2D eigenvalue weighted by molar-refractivity contribution is 5.73. The van der Waals surface area contributed by atoms with E-state index in [1.54, 1.807) is 0 Å². The summed E-state index contributed by atoms with van der Waals surface area (Å²) in [4.78, 5) is 20.9. The zero-order valence-corrected chi connectivity index (χ0v) is 30.0. The Bertz CT molecular complexity index is 589. The van der Waals surface area contributed by atoms with E-state index in [1.807, 2.05) is 0 Å². The number of amides is 1. The molecule has 3 N–H and O–H groups in total. The van der Waals surface area contributed by atoms with Crippen LogP contribution in [0.5, 0.6) is 0 Å². The summed E-state index contributed by atoms with van der Waals surface area (Å²) in [6.45, 7) is 4.55. The van der Waals surface area contributed by atoms with Gasteiger partial charge in [0.15, 0.2) is 0 Å². The normalized spacial score (nSPS) is 11.1. The van der Waals surface area contributed by atoms with Crippen LogP contribution in [0.1, 0.15) is 232 Å².